The van der Waals surface area contributed by atoms with Gasteiger partial charge in [0.15, 0.2) is 0 Å². The van der Waals surface area contributed by atoms with E-state index in [-0.39, 0.29) is 37.0 Å². The fourth-order valence-electron chi connectivity index (χ4n) is 5.65. The van der Waals surface area contributed by atoms with E-state index in [4.69, 9.17) is 9.47 Å². The summed E-state index contributed by atoms with van der Waals surface area (Å²) in [6.45, 7) is 8.09. The van der Waals surface area contributed by atoms with Gasteiger partial charge in [-0.2, -0.15) is 0 Å². The second-order valence-electron chi connectivity index (χ2n) is 9.81. The largest absolute Gasteiger partial charge is 0.465 e. The van der Waals surface area contributed by atoms with Gasteiger partial charge in [-0.1, -0.05) is 38.2 Å². The summed E-state index contributed by atoms with van der Waals surface area (Å²) in [5, 5.41) is 10.2. The van der Waals surface area contributed by atoms with Gasteiger partial charge in [0, 0.05) is 12.6 Å². The van der Waals surface area contributed by atoms with E-state index < -0.39 is 41.6 Å². The molecule has 8 heteroatoms. The zero-order valence-electron chi connectivity index (χ0n) is 19.3. The summed E-state index contributed by atoms with van der Waals surface area (Å²) >= 11 is 0. The van der Waals surface area contributed by atoms with E-state index in [1.807, 2.05) is 52.0 Å². The van der Waals surface area contributed by atoms with Crippen molar-refractivity contribution >= 4 is 17.8 Å². The first kappa shape index (κ1) is 23.0. The number of hydrogen-bond donors (Lipinski definition) is 1. The number of likely N-dealkylation sites (tertiary alicyclic amines) is 1. The fourth-order valence-corrected chi connectivity index (χ4v) is 5.65. The number of hydrogen-bond acceptors (Lipinski definition) is 6. The van der Waals surface area contributed by atoms with Crippen molar-refractivity contribution in [2.45, 2.75) is 70.4 Å². The molecule has 0 aromatic carbocycles. The molecule has 4 heterocycles. The minimum absolute atomic E-state index is 0.0756. The third kappa shape index (κ3) is 3.39. The van der Waals surface area contributed by atoms with E-state index in [1.54, 1.807) is 4.90 Å². The van der Waals surface area contributed by atoms with Crippen LogP contribution in [0.3, 0.4) is 0 Å². The Hall–Kier alpha value is -2.19. The lowest BCUT2D eigenvalue weighted by Gasteiger charge is -2.40. The van der Waals surface area contributed by atoms with Crippen molar-refractivity contribution in [1.29, 1.82) is 0 Å². The van der Waals surface area contributed by atoms with Crippen LogP contribution in [0, 0.1) is 17.8 Å². The monoisotopic (exact) mass is 446 g/mol. The Labute approximate surface area is 189 Å². The lowest BCUT2D eigenvalue weighted by atomic mass is 9.78. The Morgan fingerprint density at radius 1 is 1.16 bits per heavy atom. The number of fused-ring (bicyclic) bond motifs is 2. The molecule has 0 aromatic rings. The highest BCUT2D eigenvalue weighted by Gasteiger charge is 2.72. The minimum Gasteiger partial charge on any atom is -0.465 e. The normalized spacial score (nSPS) is 36.8. The lowest BCUT2D eigenvalue weighted by molar-refractivity contribution is -0.157. The van der Waals surface area contributed by atoms with Crippen molar-refractivity contribution < 1.29 is 29.0 Å². The molecule has 0 saturated carbocycles. The molecule has 2 fully saturated rings. The van der Waals surface area contributed by atoms with Gasteiger partial charge in [0.25, 0.3) is 0 Å². The molecule has 32 heavy (non-hydrogen) atoms. The van der Waals surface area contributed by atoms with Gasteiger partial charge < -0.3 is 24.4 Å². The first-order chi connectivity index (χ1) is 15.2. The number of aliphatic hydroxyl groups excluding tert-OH is 1. The molecular formula is C24H34N2O6. The molecule has 4 aliphatic heterocycles. The topological polar surface area (TPSA) is 96.4 Å². The Morgan fingerprint density at radius 2 is 1.91 bits per heavy atom. The summed E-state index contributed by atoms with van der Waals surface area (Å²) in [7, 11) is 0. The molecule has 1 N–H and O–H groups in total. The number of allylic oxidation sites excluding steroid dienone is 1. The summed E-state index contributed by atoms with van der Waals surface area (Å²) in [6.07, 6.45) is 8.30. The van der Waals surface area contributed by atoms with Gasteiger partial charge in [-0.15, -0.1) is 0 Å². The SMILES string of the molecule is CC(C)[C@H](CO)N1C(=O)[C@@H]2[C@H]3C(=O)OCCC/C=C\[C@H]3O[C@@]23C=CCN(C(C)C)C(=O)C13. The predicted molar refractivity (Wildman–Crippen MR) is 116 cm³/mol. The quantitative estimate of drug-likeness (QED) is 0.516. The Bertz CT molecular complexity index is 836. The van der Waals surface area contributed by atoms with Crippen LogP contribution in [0.15, 0.2) is 24.3 Å². The molecular weight excluding hydrogens is 412 g/mol. The van der Waals surface area contributed by atoms with E-state index in [2.05, 4.69) is 0 Å². The van der Waals surface area contributed by atoms with Crippen LogP contribution < -0.4 is 0 Å². The average molecular weight is 447 g/mol. The number of rotatable bonds is 4. The molecule has 0 bridgehead atoms. The second kappa shape index (κ2) is 8.63. The minimum atomic E-state index is -1.28. The van der Waals surface area contributed by atoms with E-state index in [9.17, 15) is 19.5 Å². The molecule has 2 saturated heterocycles. The van der Waals surface area contributed by atoms with E-state index in [1.165, 1.54) is 4.90 Å². The number of carbonyl (C=O) groups excluding carboxylic acids is 3. The summed E-state index contributed by atoms with van der Waals surface area (Å²) in [5.41, 5.74) is -1.28. The molecule has 1 unspecified atom stereocenters. The van der Waals surface area contributed by atoms with Crippen molar-refractivity contribution in [1.82, 2.24) is 9.80 Å². The number of amides is 2. The number of carbonyl (C=O) groups is 3. The highest BCUT2D eigenvalue weighted by atomic mass is 16.6. The summed E-state index contributed by atoms with van der Waals surface area (Å²) < 4.78 is 12.0. The first-order valence-corrected chi connectivity index (χ1v) is 11.7. The van der Waals surface area contributed by atoms with Crippen molar-refractivity contribution in [3.63, 3.8) is 0 Å². The second-order valence-corrected chi connectivity index (χ2v) is 9.81. The molecule has 1 spiro atoms. The highest BCUT2D eigenvalue weighted by molar-refractivity contribution is 5.99. The summed E-state index contributed by atoms with van der Waals surface area (Å²) in [5.74, 6) is -2.82. The van der Waals surface area contributed by atoms with Gasteiger partial charge in [0.05, 0.1) is 31.3 Å². The molecule has 2 amide bonds. The van der Waals surface area contributed by atoms with Gasteiger partial charge in [-0.3, -0.25) is 14.4 Å². The van der Waals surface area contributed by atoms with Gasteiger partial charge in [-0.05, 0) is 32.6 Å². The average Bonchev–Trinajstić information content (AvgIpc) is 3.13. The zero-order chi connectivity index (χ0) is 23.2. The number of nitrogens with zero attached hydrogens (tertiary/aromatic N) is 2. The highest BCUT2D eigenvalue weighted by Crippen LogP contribution is 2.54. The third-order valence-electron chi connectivity index (χ3n) is 7.26. The number of ether oxygens (including phenoxy) is 2. The molecule has 0 aromatic heterocycles. The van der Waals surface area contributed by atoms with E-state index >= 15 is 0 Å². The van der Waals surface area contributed by atoms with Crippen LogP contribution in [0.1, 0.15) is 40.5 Å². The smallest absolute Gasteiger partial charge is 0.312 e. The zero-order valence-corrected chi connectivity index (χ0v) is 19.3. The standard InChI is InChI=1S/C24H34N2O6/c1-14(2)16(13-27)26-20-22(29)25(15(3)4)11-8-10-24(20)19(21(26)28)18-17(32-24)9-6-5-7-12-31-23(18)30/h6,8-10,14-20,27H,5,7,11-13H2,1-4H3/b9-6-/t16-,17+,18-,19-,20?,24-/m0/s1. The van der Waals surface area contributed by atoms with Crippen LogP contribution in [0.25, 0.3) is 0 Å². The number of aliphatic hydroxyl groups is 1. The van der Waals surface area contributed by atoms with Crippen LogP contribution >= 0.6 is 0 Å². The molecule has 6 atom stereocenters. The first-order valence-electron chi connectivity index (χ1n) is 11.7. The Morgan fingerprint density at radius 3 is 2.56 bits per heavy atom. The van der Waals surface area contributed by atoms with Gasteiger partial charge in [-0.25, -0.2) is 0 Å². The Kier molecular flexibility index (Phi) is 6.20. The predicted octanol–water partition coefficient (Wildman–Crippen LogP) is 1.28. The van der Waals surface area contributed by atoms with Crippen LogP contribution in [-0.2, 0) is 23.9 Å². The molecule has 4 aliphatic rings. The molecule has 176 valence electrons. The maximum absolute atomic E-state index is 14.0. The van der Waals surface area contributed by atoms with Crippen molar-refractivity contribution in [3.8, 4) is 0 Å². The maximum Gasteiger partial charge on any atom is 0.312 e. The summed E-state index contributed by atoms with van der Waals surface area (Å²) in [6, 6.07) is -1.59. The molecule has 0 aliphatic carbocycles. The third-order valence-corrected chi connectivity index (χ3v) is 7.26. The van der Waals surface area contributed by atoms with Crippen LogP contribution in [0.2, 0.25) is 0 Å². The van der Waals surface area contributed by atoms with Crippen LogP contribution in [0.5, 0.6) is 0 Å². The van der Waals surface area contributed by atoms with Crippen molar-refractivity contribution in [3.05, 3.63) is 24.3 Å². The molecule has 8 nitrogen and oxygen atoms in total. The lowest BCUT2D eigenvalue weighted by Crippen LogP contribution is -2.59. The maximum atomic E-state index is 14.0. The van der Waals surface area contributed by atoms with Crippen LogP contribution in [0.4, 0.5) is 0 Å². The van der Waals surface area contributed by atoms with E-state index in [0.717, 1.165) is 6.42 Å². The van der Waals surface area contributed by atoms with Crippen LogP contribution in [-0.4, -0.2) is 82.3 Å². The van der Waals surface area contributed by atoms with Crippen molar-refractivity contribution in [2.24, 2.45) is 17.8 Å². The van der Waals surface area contributed by atoms with Gasteiger partial charge in [0.2, 0.25) is 11.8 Å². The van der Waals surface area contributed by atoms with Crippen molar-refractivity contribution in [2.75, 3.05) is 19.8 Å². The fraction of sp³-hybridized carbons (Fsp3) is 0.708. The summed E-state index contributed by atoms with van der Waals surface area (Å²) in [4.78, 5) is 44.2. The number of esters is 1. The number of cyclic esters (lactones) is 1. The Balaban J connectivity index is 1.88. The van der Waals surface area contributed by atoms with Gasteiger partial charge >= 0.3 is 5.97 Å². The molecule has 4 rings (SSSR count). The van der Waals surface area contributed by atoms with Gasteiger partial charge in [0.1, 0.15) is 17.6 Å². The molecule has 0 radical (unpaired) electrons. The van der Waals surface area contributed by atoms with E-state index in [0.29, 0.717) is 13.0 Å².